The van der Waals surface area contributed by atoms with Gasteiger partial charge in [0.05, 0.1) is 18.3 Å². The summed E-state index contributed by atoms with van der Waals surface area (Å²) >= 11 is 0. The molecule has 0 saturated heterocycles. The molecule has 0 aliphatic rings. The molecule has 0 amide bonds. The van der Waals surface area contributed by atoms with Gasteiger partial charge in [0.2, 0.25) is 0 Å². The maximum atomic E-state index is 6.55. The van der Waals surface area contributed by atoms with Crippen LogP contribution in [0.4, 0.5) is 0 Å². The summed E-state index contributed by atoms with van der Waals surface area (Å²) in [6.45, 7) is 2.04. The third-order valence-electron chi connectivity index (χ3n) is 3.68. The molecule has 1 aromatic heterocycles. The second kappa shape index (κ2) is 5.94. The van der Waals surface area contributed by atoms with Gasteiger partial charge in [0.15, 0.2) is 0 Å². The van der Waals surface area contributed by atoms with Crippen LogP contribution in [0.5, 0.6) is 0 Å². The summed E-state index contributed by atoms with van der Waals surface area (Å²) in [5, 5.41) is 4.48. The van der Waals surface area contributed by atoms with Crippen LogP contribution in [-0.4, -0.2) is 9.78 Å². The van der Waals surface area contributed by atoms with Gasteiger partial charge in [-0.1, -0.05) is 60.7 Å². The Bertz CT molecular complexity index is 689. The van der Waals surface area contributed by atoms with Crippen molar-refractivity contribution in [1.29, 1.82) is 0 Å². The molecule has 2 aromatic carbocycles. The van der Waals surface area contributed by atoms with Gasteiger partial charge < -0.3 is 5.73 Å². The highest BCUT2D eigenvalue weighted by Gasteiger charge is 2.23. The third-order valence-corrected chi connectivity index (χ3v) is 3.68. The predicted molar refractivity (Wildman–Crippen MR) is 84.9 cm³/mol. The Morgan fingerprint density at radius 1 is 0.905 bits per heavy atom. The Balaban J connectivity index is 2.04. The second-order valence-corrected chi connectivity index (χ2v) is 5.29. The Labute approximate surface area is 125 Å². The lowest BCUT2D eigenvalue weighted by Crippen LogP contribution is -2.26. The first-order valence-corrected chi connectivity index (χ1v) is 7.12. The summed E-state index contributed by atoms with van der Waals surface area (Å²) in [5.74, 6) is 0. The van der Waals surface area contributed by atoms with Crippen molar-refractivity contribution in [2.45, 2.75) is 19.0 Å². The minimum atomic E-state index is -0.145. The van der Waals surface area contributed by atoms with Crippen molar-refractivity contribution in [3.63, 3.8) is 0 Å². The van der Waals surface area contributed by atoms with Gasteiger partial charge in [-0.3, -0.25) is 4.68 Å². The zero-order chi connectivity index (χ0) is 14.7. The first-order valence-electron chi connectivity index (χ1n) is 7.12. The largest absolute Gasteiger partial charge is 0.322 e. The Morgan fingerprint density at radius 2 is 1.48 bits per heavy atom. The zero-order valence-electron chi connectivity index (χ0n) is 12.1. The van der Waals surface area contributed by atoms with Crippen LogP contribution in [0.2, 0.25) is 0 Å². The van der Waals surface area contributed by atoms with Gasteiger partial charge in [0.25, 0.3) is 0 Å². The molecule has 0 aliphatic carbocycles. The van der Waals surface area contributed by atoms with E-state index in [9.17, 15) is 0 Å². The van der Waals surface area contributed by atoms with Crippen LogP contribution in [0.15, 0.2) is 73.1 Å². The first-order chi connectivity index (χ1) is 10.3. The number of rotatable bonds is 4. The minimum Gasteiger partial charge on any atom is -0.322 e. The van der Waals surface area contributed by atoms with Crippen molar-refractivity contribution in [3.8, 4) is 0 Å². The third kappa shape index (κ3) is 2.88. The molecule has 1 heterocycles. The zero-order valence-corrected chi connectivity index (χ0v) is 12.1. The van der Waals surface area contributed by atoms with Gasteiger partial charge in [-0.2, -0.15) is 5.10 Å². The van der Waals surface area contributed by atoms with Crippen molar-refractivity contribution >= 4 is 0 Å². The number of benzene rings is 2. The van der Waals surface area contributed by atoms with Crippen LogP contribution in [0.3, 0.4) is 0 Å². The molecule has 3 rings (SSSR count). The Morgan fingerprint density at radius 3 is 2.00 bits per heavy atom. The smallest absolute Gasteiger partial charge is 0.0961 e. The van der Waals surface area contributed by atoms with Crippen LogP contribution < -0.4 is 5.73 Å². The standard InChI is InChI=1S/C18H19N3/c1-14-12-20-21(13-14)18(16-10-6-3-7-11-16)17(19)15-8-4-2-5-9-15/h2-13,17-18H,19H2,1H3. The van der Waals surface area contributed by atoms with Gasteiger partial charge in [-0.25, -0.2) is 0 Å². The second-order valence-electron chi connectivity index (χ2n) is 5.29. The van der Waals surface area contributed by atoms with E-state index in [4.69, 9.17) is 5.73 Å². The van der Waals surface area contributed by atoms with E-state index in [1.165, 1.54) is 0 Å². The lowest BCUT2D eigenvalue weighted by molar-refractivity contribution is 0.443. The van der Waals surface area contributed by atoms with Gasteiger partial charge in [0, 0.05) is 6.20 Å². The monoisotopic (exact) mass is 277 g/mol. The molecule has 3 nitrogen and oxygen atoms in total. The Kier molecular flexibility index (Phi) is 3.84. The molecule has 106 valence electrons. The molecule has 0 spiro atoms. The summed E-state index contributed by atoms with van der Waals surface area (Å²) in [5.41, 5.74) is 9.96. The topological polar surface area (TPSA) is 43.8 Å². The highest BCUT2D eigenvalue weighted by atomic mass is 15.3. The van der Waals surface area contributed by atoms with Crippen molar-refractivity contribution in [2.24, 2.45) is 5.73 Å². The number of nitrogens with two attached hydrogens (primary N) is 1. The van der Waals surface area contributed by atoms with E-state index < -0.39 is 0 Å². The van der Waals surface area contributed by atoms with E-state index in [0.717, 1.165) is 16.7 Å². The number of aromatic nitrogens is 2. The van der Waals surface area contributed by atoms with Gasteiger partial charge in [0.1, 0.15) is 0 Å². The van der Waals surface area contributed by atoms with Crippen LogP contribution in [-0.2, 0) is 0 Å². The lowest BCUT2D eigenvalue weighted by atomic mass is 9.94. The molecule has 2 N–H and O–H groups in total. The fourth-order valence-corrected chi connectivity index (χ4v) is 2.62. The van der Waals surface area contributed by atoms with Crippen LogP contribution in [0.25, 0.3) is 0 Å². The molecule has 3 heteroatoms. The van der Waals surface area contributed by atoms with E-state index in [1.807, 2.05) is 60.4 Å². The predicted octanol–water partition coefficient (Wildman–Crippen LogP) is 3.48. The summed E-state index contributed by atoms with van der Waals surface area (Å²) < 4.78 is 1.96. The van der Waals surface area contributed by atoms with Crippen molar-refractivity contribution in [2.75, 3.05) is 0 Å². The quantitative estimate of drug-likeness (QED) is 0.793. The summed E-state index contributed by atoms with van der Waals surface area (Å²) in [7, 11) is 0. The molecule has 3 aromatic rings. The first kappa shape index (κ1) is 13.6. The van der Waals surface area contributed by atoms with Crippen molar-refractivity contribution in [3.05, 3.63) is 89.7 Å². The van der Waals surface area contributed by atoms with E-state index in [-0.39, 0.29) is 12.1 Å². The molecule has 2 atom stereocenters. The van der Waals surface area contributed by atoms with Crippen molar-refractivity contribution < 1.29 is 0 Å². The van der Waals surface area contributed by atoms with Crippen LogP contribution in [0.1, 0.15) is 28.8 Å². The molecular weight excluding hydrogens is 258 g/mol. The van der Waals surface area contributed by atoms with Gasteiger partial charge >= 0.3 is 0 Å². The number of aryl methyl sites for hydroxylation is 1. The summed E-state index contributed by atoms with van der Waals surface area (Å²) in [6.07, 6.45) is 3.91. The highest BCUT2D eigenvalue weighted by molar-refractivity contribution is 5.28. The highest BCUT2D eigenvalue weighted by Crippen LogP contribution is 2.30. The lowest BCUT2D eigenvalue weighted by Gasteiger charge is -2.25. The molecule has 2 unspecified atom stereocenters. The molecule has 21 heavy (non-hydrogen) atoms. The summed E-state index contributed by atoms with van der Waals surface area (Å²) in [4.78, 5) is 0. The SMILES string of the molecule is Cc1cnn(C(c2ccccc2)C(N)c2ccccc2)c1. The number of nitrogens with zero attached hydrogens (tertiary/aromatic N) is 2. The fraction of sp³-hybridized carbons (Fsp3) is 0.167. The maximum Gasteiger partial charge on any atom is 0.0961 e. The average molecular weight is 277 g/mol. The molecule has 0 fully saturated rings. The van der Waals surface area contributed by atoms with E-state index in [0.29, 0.717) is 0 Å². The molecule has 0 radical (unpaired) electrons. The van der Waals surface area contributed by atoms with Crippen LogP contribution in [0, 0.1) is 6.92 Å². The van der Waals surface area contributed by atoms with E-state index in [1.54, 1.807) is 0 Å². The molecule has 0 saturated carbocycles. The molecule has 0 aliphatic heterocycles. The minimum absolute atomic E-state index is 0.0118. The van der Waals surface area contributed by atoms with E-state index >= 15 is 0 Å². The van der Waals surface area contributed by atoms with Gasteiger partial charge in [-0.15, -0.1) is 0 Å². The van der Waals surface area contributed by atoms with E-state index in [2.05, 4.69) is 29.4 Å². The number of hydrogen-bond acceptors (Lipinski definition) is 2. The average Bonchev–Trinajstić information content (AvgIpc) is 2.95. The summed E-state index contributed by atoms with van der Waals surface area (Å²) in [6, 6.07) is 20.3. The Hall–Kier alpha value is -2.39. The number of hydrogen-bond donors (Lipinski definition) is 1. The normalized spacial score (nSPS) is 13.8. The van der Waals surface area contributed by atoms with Crippen molar-refractivity contribution in [1.82, 2.24) is 9.78 Å². The van der Waals surface area contributed by atoms with Gasteiger partial charge in [-0.05, 0) is 23.6 Å². The molecule has 0 bridgehead atoms. The maximum absolute atomic E-state index is 6.55. The van der Waals surface area contributed by atoms with Crippen LogP contribution >= 0.6 is 0 Å². The fourth-order valence-electron chi connectivity index (χ4n) is 2.62. The molecular formula is C18H19N3.